The topological polar surface area (TPSA) is 82.3 Å². The molecule has 0 heterocycles. The lowest BCUT2D eigenvalue weighted by molar-refractivity contribution is 0.225. The summed E-state index contributed by atoms with van der Waals surface area (Å²) in [5.41, 5.74) is 3.69. The predicted octanol–water partition coefficient (Wildman–Crippen LogP) is 4.56. The highest BCUT2D eigenvalue weighted by Gasteiger charge is 2.28. The molecule has 0 spiro atoms. The molecule has 4 N–H and O–H groups in total. The zero-order chi connectivity index (χ0) is 19.9. The minimum atomic E-state index is -0.247. The number of anilines is 2. The van der Waals surface area contributed by atoms with Crippen molar-refractivity contribution in [3.63, 3.8) is 0 Å². The molecule has 0 saturated heterocycles. The molecule has 0 radical (unpaired) electrons. The first-order valence-corrected chi connectivity index (χ1v) is 9.78. The third-order valence-electron chi connectivity index (χ3n) is 4.95. The van der Waals surface area contributed by atoms with Gasteiger partial charge in [-0.2, -0.15) is 0 Å². The van der Waals surface area contributed by atoms with Crippen molar-refractivity contribution in [2.45, 2.75) is 51.6 Å². The lowest BCUT2D eigenvalue weighted by Crippen LogP contribution is -2.54. The summed E-state index contributed by atoms with van der Waals surface area (Å²) in [5.74, 6) is 0. The summed E-state index contributed by atoms with van der Waals surface area (Å²) in [6.07, 6.45) is 3.76. The van der Waals surface area contributed by atoms with Crippen molar-refractivity contribution in [3.05, 3.63) is 59.7 Å². The molecule has 3 rings (SSSR count). The normalized spacial score (nSPS) is 18.8. The fourth-order valence-corrected chi connectivity index (χ4v) is 3.59. The van der Waals surface area contributed by atoms with Crippen molar-refractivity contribution in [1.82, 2.24) is 10.6 Å². The Morgan fingerprint density at radius 1 is 0.750 bits per heavy atom. The number of nitrogens with one attached hydrogen (secondary N) is 4. The smallest absolute Gasteiger partial charge is 0.319 e. The molecule has 0 aromatic heterocycles. The molecule has 28 heavy (non-hydrogen) atoms. The summed E-state index contributed by atoms with van der Waals surface area (Å²) in [5, 5.41) is 11.8. The molecule has 4 amide bonds. The quantitative estimate of drug-likeness (QED) is 0.627. The standard InChI is InChI=1S/C22H28N4O2/c1-15-7-5-9-17(13-15)23-21(27)25-19-11-3-4-12-20(19)26-22(28)24-18-10-6-8-16(2)14-18/h5-10,13-14,19-20H,3-4,11-12H2,1-2H3,(H2,23,25,27)(H2,24,26,28)/t19-,20+. The van der Waals surface area contributed by atoms with E-state index in [9.17, 15) is 9.59 Å². The van der Waals surface area contributed by atoms with Gasteiger partial charge in [0.1, 0.15) is 0 Å². The zero-order valence-corrected chi connectivity index (χ0v) is 16.4. The minimum absolute atomic E-state index is 0.0955. The number of hydrogen-bond donors (Lipinski definition) is 4. The first-order chi connectivity index (χ1) is 13.5. The molecule has 2 aromatic carbocycles. The zero-order valence-electron chi connectivity index (χ0n) is 16.4. The van der Waals surface area contributed by atoms with E-state index >= 15 is 0 Å². The molecule has 6 nitrogen and oxygen atoms in total. The van der Waals surface area contributed by atoms with Crippen LogP contribution < -0.4 is 21.3 Å². The molecule has 2 aromatic rings. The van der Waals surface area contributed by atoms with Crippen LogP contribution in [0.15, 0.2) is 48.5 Å². The van der Waals surface area contributed by atoms with Gasteiger partial charge in [-0.05, 0) is 62.1 Å². The van der Waals surface area contributed by atoms with Crippen LogP contribution in [0.25, 0.3) is 0 Å². The van der Waals surface area contributed by atoms with Gasteiger partial charge in [0.2, 0.25) is 0 Å². The Morgan fingerprint density at radius 2 is 1.18 bits per heavy atom. The van der Waals surface area contributed by atoms with E-state index < -0.39 is 0 Å². The van der Waals surface area contributed by atoms with Crippen molar-refractivity contribution in [3.8, 4) is 0 Å². The third kappa shape index (κ3) is 5.74. The van der Waals surface area contributed by atoms with Crippen molar-refractivity contribution in [1.29, 1.82) is 0 Å². The average molecular weight is 380 g/mol. The van der Waals surface area contributed by atoms with Crippen LogP contribution in [0.2, 0.25) is 0 Å². The summed E-state index contributed by atoms with van der Waals surface area (Å²) in [4.78, 5) is 24.8. The van der Waals surface area contributed by atoms with E-state index in [0.29, 0.717) is 0 Å². The van der Waals surface area contributed by atoms with Gasteiger partial charge >= 0.3 is 12.1 Å². The molecule has 1 aliphatic carbocycles. The number of hydrogen-bond acceptors (Lipinski definition) is 2. The highest BCUT2D eigenvalue weighted by molar-refractivity contribution is 5.90. The SMILES string of the molecule is Cc1cccc(NC(=O)N[C@H]2CCCC[C@H]2NC(=O)Nc2cccc(C)c2)c1. The molecule has 6 heteroatoms. The van der Waals surface area contributed by atoms with Crippen molar-refractivity contribution < 1.29 is 9.59 Å². The van der Waals surface area contributed by atoms with Crippen LogP contribution in [0, 0.1) is 13.8 Å². The molecule has 1 aliphatic rings. The highest BCUT2D eigenvalue weighted by atomic mass is 16.2. The predicted molar refractivity (Wildman–Crippen MR) is 113 cm³/mol. The van der Waals surface area contributed by atoms with Gasteiger partial charge in [-0.25, -0.2) is 9.59 Å². The number of benzene rings is 2. The summed E-state index contributed by atoms with van der Waals surface area (Å²) in [6.45, 7) is 3.97. The fraction of sp³-hybridized carbons (Fsp3) is 0.364. The maximum absolute atomic E-state index is 12.4. The monoisotopic (exact) mass is 380 g/mol. The Labute approximate surface area is 166 Å². The second-order valence-electron chi connectivity index (χ2n) is 7.43. The van der Waals surface area contributed by atoms with Gasteiger partial charge < -0.3 is 21.3 Å². The van der Waals surface area contributed by atoms with Crippen LogP contribution in [0.4, 0.5) is 21.0 Å². The van der Waals surface area contributed by atoms with Crippen molar-refractivity contribution in [2.24, 2.45) is 0 Å². The first kappa shape index (κ1) is 19.7. The maximum Gasteiger partial charge on any atom is 0.319 e. The molecule has 0 bridgehead atoms. The van der Waals surface area contributed by atoms with E-state index in [1.165, 1.54) is 0 Å². The first-order valence-electron chi connectivity index (χ1n) is 9.78. The van der Waals surface area contributed by atoms with Gasteiger partial charge in [0.25, 0.3) is 0 Å². The average Bonchev–Trinajstić information content (AvgIpc) is 2.63. The lowest BCUT2D eigenvalue weighted by Gasteiger charge is -2.32. The third-order valence-corrected chi connectivity index (χ3v) is 4.95. The van der Waals surface area contributed by atoms with E-state index in [4.69, 9.17) is 0 Å². The molecule has 0 unspecified atom stereocenters. The molecule has 2 atom stereocenters. The molecule has 1 saturated carbocycles. The van der Waals surface area contributed by atoms with Crippen molar-refractivity contribution in [2.75, 3.05) is 10.6 Å². The Morgan fingerprint density at radius 3 is 1.57 bits per heavy atom. The second-order valence-corrected chi connectivity index (χ2v) is 7.43. The van der Waals surface area contributed by atoms with Gasteiger partial charge in [0.05, 0.1) is 12.1 Å². The number of amides is 4. The van der Waals surface area contributed by atoms with E-state index in [2.05, 4.69) is 21.3 Å². The maximum atomic E-state index is 12.4. The molecular formula is C22H28N4O2. The molecule has 148 valence electrons. The Kier molecular flexibility index (Phi) is 6.53. The summed E-state index contributed by atoms with van der Waals surface area (Å²) < 4.78 is 0. The van der Waals surface area contributed by atoms with E-state index in [1.54, 1.807) is 0 Å². The van der Waals surface area contributed by atoms with E-state index in [1.807, 2.05) is 62.4 Å². The highest BCUT2D eigenvalue weighted by Crippen LogP contribution is 2.19. The van der Waals surface area contributed by atoms with Gasteiger partial charge in [-0.1, -0.05) is 37.1 Å². The largest absolute Gasteiger partial charge is 0.333 e. The van der Waals surface area contributed by atoms with Crippen LogP contribution in [0.1, 0.15) is 36.8 Å². The number of rotatable bonds is 4. The lowest BCUT2D eigenvalue weighted by atomic mass is 9.90. The van der Waals surface area contributed by atoms with Crippen LogP contribution in [-0.4, -0.2) is 24.1 Å². The van der Waals surface area contributed by atoms with Crippen LogP contribution in [-0.2, 0) is 0 Å². The molecule has 0 aliphatic heterocycles. The van der Waals surface area contributed by atoms with Gasteiger partial charge in [-0.3, -0.25) is 0 Å². The van der Waals surface area contributed by atoms with E-state index in [-0.39, 0.29) is 24.1 Å². The fourth-order valence-electron chi connectivity index (χ4n) is 3.59. The van der Waals surface area contributed by atoms with Crippen LogP contribution in [0.5, 0.6) is 0 Å². The van der Waals surface area contributed by atoms with Crippen LogP contribution >= 0.6 is 0 Å². The second kappa shape index (κ2) is 9.26. The number of carbonyl (C=O) groups excluding carboxylic acids is 2. The number of carbonyl (C=O) groups is 2. The van der Waals surface area contributed by atoms with Gasteiger partial charge in [-0.15, -0.1) is 0 Å². The summed E-state index contributed by atoms with van der Waals surface area (Å²) in [7, 11) is 0. The molecular weight excluding hydrogens is 352 g/mol. The van der Waals surface area contributed by atoms with Gasteiger partial charge in [0.15, 0.2) is 0 Å². The van der Waals surface area contributed by atoms with Crippen LogP contribution in [0.3, 0.4) is 0 Å². The Hall–Kier alpha value is -3.02. The number of urea groups is 2. The van der Waals surface area contributed by atoms with Crippen molar-refractivity contribution >= 4 is 23.4 Å². The number of aryl methyl sites for hydroxylation is 2. The Balaban J connectivity index is 1.55. The molecule has 1 fully saturated rings. The summed E-state index contributed by atoms with van der Waals surface area (Å²) in [6, 6.07) is 14.7. The van der Waals surface area contributed by atoms with Gasteiger partial charge in [0, 0.05) is 11.4 Å². The Bertz CT molecular complexity index is 767. The minimum Gasteiger partial charge on any atom is -0.333 e. The summed E-state index contributed by atoms with van der Waals surface area (Å²) >= 11 is 0. The van der Waals surface area contributed by atoms with E-state index in [0.717, 1.165) is 48.2 Å².